The van der Waals surface area contributed by atoms with Crippen LogP contribution < -0.4 is 10.6 Å². The van der Waals surface area contributed by atoms with Crippen LogP contribution in [0.2, 0.25) is 0 Å². The molecule has 0 radical (unpaired) electrons. The molecular weight excluding hydrogens is 243 g/mol. The molecule has 4 heteroatoms. The molecule has 104 valence electrons. The Kier molecular flexibility index (Phi) is 4.20. The van der Waals surface area contributed by atoms with Gasteiger partial charge in [-0.2, -0.15) is 0 Å². The summed E-state index contributed by atoms with van der Waals surface area (Å²) in [7, 11) is 0. The summed E-state index contributed by atoms with van der Waals surface area (Å²) in [5, 5.41) is 6.14. The molecule has 2 N–H and O–H groups in total. The van der Waals surface area contributed by atoms with E-state index < -0.39 is 0 Å². The van der Waals surface area contributed by atoms with Gasteiger partial charge in [0, 0.05) is 0 Å². The Labute approximate surface area is 113 Å². The van der Waals surface area contributed by atoms with Gasteiger partial charge in [-0.3, -0.25) is 4.79 Å². The van der Waals surface area contributed by atoms with E-state index in [2.05, 4.69) is 17.6 Å². The first-order chi connectivity index (χ1) is 8.99. The zero-order valence-corrected chi connectivity index (χ0v) is 11.7. The molecular formula is C15H21FN2O. The second-order valence-corrected chi connectivity index (χ2v) is 5.44. The number of rotatable bonds is 3. The molecule has 0 bridgehead atoms. The van der Waals surface area contributed by atoms with E-state index in [1.54, 1.807) is 13.0 Å². The largest absolute Gasteiger partial charge is 0.348 e. The molecule has 0 saturated carbocycles. The van der Waals surface area contributed by atoms with Crippen molar-refractivity contribution in [2.45, 2.75) is 39.3 Å². The van der Waals surface area contributed by atoms with Crippen molar-refractivity contribution in [3.05, 3.63) is 35.1 Å². The Hall–Kier alpha value is -1.42. The Morgan fingerprint density at radius 3 is 2.84 bits per heavy atom. The summed E-state index contributed by atoms with van der Waals surface area (Å²) >= 11 is 0. The number of benzene rings is 1. The standard InChI is InChI=1S/C15H21FN2O/c1-9-4-5-12(8-13(9)16)11(3)18-15(19)14-10(2)6-7-17-14/h4-5,8,10-11,14,17H,6-7H2,1-3H3,(H,18,19). The van der Waals surface area contributed by atoms with Crippen LogP contribution in [-0.4, -0.2) is 18.5 Å². The predicted octanol–water partition coefficient (Wildman–Crippen LogP) is 2.31. The summed E-state index contributed by atoms with van der Waals surface area (Å²) in [6.45, 7) is 6.56. The smallest absolute Gasteiger partial charge is 0.237 e. The van der Waals surface area contributed by atoms with E-state index in [-0.39, 0.29) is 23.8 Å². The SMILES string of the molecule is Cc1ccc(C(C)NC(=O)C2NCCC2C)cc1F. The van der Waals surface area contributed by atoms with Crippen LogP contribution >= 0.6 is 0 Å². The third-order valence-electron chi connectivity index (χ3n) is 3.87. The minimum Gasteiger partial charge on any atom is -0.348 e. The van der Waals surface area contributed by atoms with E-state index in [1.165, 1.54) is 6.07 Å². The molecule has 3 atom stereocenters. The van der Waals surface area contributed by atoms with Gasteiger partial charge in [-0.1, -0.05) is 19.1 Å². The molecule has 0 aromatic heterocycles. The molecule has 19 heavy (non-hydrogen) atoms. The maximum absolute atomic E-state index is 13.5. The summed E-state index contributed by atoms with van der Waals surface area (Å²) in [4.78, 5) is 12.1. The molecule has 3 unspecified atom stereocenters. The van der Waals surface area contributed by atoms with Crippen molar-refractivity contribution in [3.63, 3.8) is 0 Å². The Morgan fingerprint density at radius 2 is 2.26 bits per heavy atom. The van der Waals surface area contributed by atoms with Gasteiger partial charge < -0.3 is 10.6 Å². The molecule has 1 fully saturated rings. The maximum atomic E-state index is 13.5. The van der Waals surface area contributed by atoms with E-state index >= 15 is 0 Å². The van der Waals surface area contributed by atoms with Gasteiger partial charge in [-0.05, 0) is 49.9 Å². The van der Waals surface area contributed by atoms with Crippen LogP contribution in [0.5, 0.6) is 0 Å². The van der Waals surface area contributed by atoms with Crippen molar-refractivity contribution in [3.8, 4) is 0 Å². The number of halogens is 1. The Balaban J connectivity index is 2.02. The highest BCUT2D eigenvalue weighted by Gasteiger charge is 2.29. The molecule has 1 saturated heterocycles. The summed E-state index contributed by atoms with van der Waals surface area (Å²) in [6.07, 6.45) is 1.02. The average Bonchev–Trinajstić information content (AvgIpc) is 2.79. The van der Waals surface area contributed by atoms with E-state index in [0.29, 0.717) is 11.5 Å². The molecule has 1 aromatic rings. The number of carbonyl (C=O) groups excluding carboxylic acids is 1. The minimum atomic E-state index is -0.231. The van der Waals surface area contributed by atoms with E-state index in [1.807, 2.05) is 13.0 Å². The van der Waals surface area contributed by atoms with Crippen LogP contribution in [0.4, 0.5) is 4.39 Å². The molecule has 2 rings (SSSR count). The third kappa shape index (κ3) is 3.13. The number of aryl methyl sites for hydroxylation is 1. The fraction of sp³-hybridized carbons (Fsp3) is 0.533. The van der Waals surface area contributed by atoms with Crippen molar-refractivity contribution in [1.29, 1.82) is 0 Å². The lowest BCUT2D eigenvalue weighted by molar-refractivity contribution is -0.124. The molecule has 1 amide bonds. The van der Waals surface area contributed by atoms with Gasteiger partial charge in [-0.15, -0.1) is 0 Å². The first-order valence-electron chi connectivity index (χ1n) is 6.79. The van der Waals surface area contributed by atoms with E-state index in [0.717, 1.165) is 18.5 Å². The zero-order valence-electron chi connectivity index (χ0n) is 11.7. The van der Waals surface area contributed by atoms with Gasteiger partial charge in [0.05, 0.1) is 12.1 Å². The van der Waals surface area contributed by atoms with Crippen LogP contribution in [0.25, 0.3) is 0 Å². The van der Waals surface area contributed by atoms with E-state index in [4.69, 9.17) is 0 Å². The monoisotopic (exact) mass is 264 g/mol. The first-order valence-corrected chi connectivity index (χ1v) is 6.79. The summed E-state index contributed by atoms with van der Waals surface area (Å²) in [5.74, 6) is 0.117. The summed E-state index contributed by atoms with van der Waals surface area (Å²) in [6, 6.07) is 4.78. The second kappa shape index (κ2) is 5.70. The van der Waals surface area contributed by atoms with Gasteiger partial charge >= 0.3 is 0 Å². The average molecular weight is 264 g/mol. The molecule has 1 aromatic carbocycles. The van der Waals surface area contributed by atoms with Crippen LogP contribution in [0, 0.1) is 18.7 Å². The first kappa shape index (κ1) is 14.0. The van der Waals surface area contributed by atoms with Gasteiger partial charge in [0.2, 0.25) is 5.91 Å². The number of hydrogen-bond donors (Lipinski definition) is 2. The van der Waals surface area contributed by atoms with Gasteiger partial charge in [0.1, 0.15) is 5.82 Å². The van der Waals surface area contributed by atoms with E-state index in [9.17, 15) is 9.18 Å². The summed E-state index contributed by atoms with van der Waals surface area (Å²) in [5.41, 5.74) is 1.41. The molecule has 1 aliphatic rings. The lowest BCUT2D eigenvalue weighted by Crippen LogP contribution is -2.44. The fourth-order valence-corrected chi connectivity index (χ4v) is 2.45. The quantitative estimate of drug-likeness (QED) is 0.879. The topological polar surface area (TPSA) is 41.1 Å². The van der Waals surface area contributed by atoms with Crippen molar-refractivity contribution >= 4 is 5.91 Å². The van der Waals surface area contributed by atoms with Gasteiger partial charge in [0.25, 0.3) is 0 Å². The van der Waals surface area contributed by atoms with Crippen molar-refractivity contribution in [1.82, 2.24) is 10.6 Å². The maximum Gasteiger partial charge on any atom is 0.237 e. The lowest BCUT2D eigenvalue weighted by atomic mass is 10.0. The van der Waals surface area contributed by atoms with Crippen LogP contribution in [-0.2, 0) is 4.79 Å². The molecule has 3 nitrogen and oxygen atoms in total. The number of carbonyl (C=O) groups is 1. The van der Waals surface area contributed by atoms with Crippen LogP contribution in [0.1, 0.15) is 37.4 Å². The fourth-order valence-electron chi connectivity index (χ4n) is 2.45. The molecule has 1 heterocycles. The van der Waals surface area contributed by atoms with Gasteiger partial charge in [-0.25, -0.2) is 4.39 Å². The number of hydrogen-bond acceptors (Lipinski definition) is 2. The highest BCUT2D eigenvalue weighted by atomic mass is 19.1. The van der Waals surface area contributed by atoms with Crippen molar-refractivity contribution in [2.24, 2.45) is 5.92 Å². The highest BCUT2D eigenvalue weighted by molar-refractivity contribution is 5.82. The number of nitrogens with one attached hydrogen (secondary N) is 2. The number of amides is 1. The molecule has 0 aliphatic carbocycles. The van der Waals surface area contributed by atoms with Crippen molar-refractivity contribution < 1.29 is 9.18 Å². The Bertz CT molecular complexity index is 475. The zero-order chi connectivity index (χ0) is 14.0. The van der Waals surface area contributed by atoms with Crippen LogP contribution in [0.3, 0.4) is 0 Å². The van der Waals surface area contributed by atoms with Crippen LogP contribution in [0.15, 0.2) is 18.2 Å². The van der Waals surface area contributed by atoms with Crippen molar-refractivity contribution in [2.75, 3.05) is 6.54 Å². The molecule has 0 spiro atoms. The predicted molar refractivity (Wildman–Crippen MR) is 73.3 cm³/mol. The molecule has 1 aliphatic heterocycles. The second-order valence-electron chi connectivity index (χ2n) is 5.44. The lowest BCUT2D eigenvalue weighted by Gasteiger charge is -2.20. The summed E-state index contributed by atoms with van der Waals surface area (Å²) < 4.78 is 13.5. The Morgan fingerprint density at radius 1 is 1.53 bits per heavy atom. The van der Waals surface area contributed by atoms with Gasteiger partial charge in [0.15, 0.2) is 0 Å². The normalized spacial score (nSPS) is 24.2. The minimum absolute atomic E-state index is 0.00140. The third-order valence-corrected chi connectivity index (χ3v) is 3.87. The highest BCUT2D eigenvalue weighted by Crippen LogP contribution is 2.19.